The molecular formula is C19H22ClNO2. The lowest BCUT2D eigenvalue weighted by molar-refractivity contribution is 0.208. The molecule has 0 radical (unpaired) electrons. The van der Waals surface area contributed by atoms with Crippen LogP contribution in [-0.4, -0.2) is 31.7 Å². The third-order valence-corrected chi connectivity index (χ3v) is 4.84. The molecule has 23 heavy (non-hydrogen) atoms. The van der Waals surface area contributed by atoms with Gasteiger partial charge in [-0.3, -0.25) is 4.90 Å². The van der Waals surface area contributed by atoms with E-state index in [1.54, 1.807) is 7.11 Å². The van der Waals surface area contributed by atoms with E-state index in [1.165, 1.54) is 11.1 Å². The van der Waals surface area contributed by atoms with Gasteiger partial charge in [-0.1, -0.05) is 36.4 Å². The summed E-state index contributed by atoms with van der Waals surface area (Å²) in [7, 11) is 1.75. The molecule has 2 heterocycles. The minimum absolute atomic E-state index is 0. The van der Waals surface area contributed by atoms with Crippen LogP contribution in [0.15, 0.2) is 48.5 Å². The molecule has 1 saturated heterocycles. The highest BCUT2D eigenvalue weighted by atomic mass is 35.5. The SMILES string of the molecule is COc1cccc2c1C1CN(Cc3ccccc3)CC1CO2.Cl. The Bertz CT molecular complexity index is 647. The van der Waals surface area contributed by atoms with Crippen LogP contribution < -0.4 is 9.47 Å². The maximum Gasteiger partial charge on any atom is 0.126 e. The van der Waals surface area contributed by atoms with Crippen molar-refractivity contribution in [3.8, 4) is 11.5 Å². The van der Waals surface area contributed by atoms with Crippen molar-refractivity contribution in [1.82, 2.24) is 4.90 Å². The van der Waals surface area contributed by atoms with E-state index in [0.717, 1.165) is 37.7 Å². The molecule has 0 N–H and O–H groups in total. The van der Waals surface area contributed by atoms with Gasteiger partial charge in [-0.05, 0) is 17.7 Å². The van der Waals surface area contributed by atoms with E-state index in [9.17, 15) is 0 Å². The normalized spacial score (nSPS) is 22.5. The summed E-state index contributed by atoms with van der Waals surface area (Å²) in [6.07, 6.45) is 0. The van der Waals surface area contributed by atoms with Crippen LogP contribution in [0.1, 0.15) is 17.0 Å². The second-order valence-corrected chi connectivity index (χ2v) is 6.23. The molecule has 2 aromatic rings. The number of rotatable bonds is 3. The highest BCUT2D eigenvalue weighted by Gasteiger charge is 2.40. The van der Waals surface area contributed by atoms with Gasteiger partial charge < -0.3 is 9.47 Å². The van der Waals surface area contributed by atoms with E-state index in [1.807, 2.05) is 12.1 Å². The lowest BCUT2D eigenvalue weighted by Gasteiger charge is -2.29. The van der Waals surface area contributed by atoms with Crippen molar-refractivity contribution in [3.63, 3.8) is 0 Å². The van der Waals surface area contributed by atoms with Gasteiger partial charge in [0.1, 0.15) is 11.5 Å². The van der Waals surface area contributed by atoms with Gasteiger partial charge in [0.05, 0.1) is 13.7 Å². The van der Waals surface area contributed by atoms with Gasteiger partial charge in [-0.15, -0.1) is 12.4 Å². The van der Waals surface area contributed by atoms with Crippen LogP contribution in [0, 0.1) is 5.92 Å². The standard InChI is InChI=1S/C19H21NO2.ClH/c1-21-17-8-5-9-18-19(17)16-12-20(11-15(16)13-22-18)10-14-6-3-2-4-7-14;/h2-9,15-16H,10-13H2,1H3;1H. The number of halogens is 1. The van der Waals surface area contributed by atoms with Crippen molar-refractivity contribution in [2.75, 3.05) is 26.8 Å². The summed E-state index contributed by atoms with van der Waals surface area (Å²) in [5.74, 6) is 3.05. The van der Waals surface area contributed by atoms with Crippen molar-refractivity contribution >= 4 is 12.4 Å². The van der Waals surface area contributed by atoms with Gasteiger partial charge in [0.15, 0.2) is 0 Å². The van der Waals surface area contributed by atoms with Gasteiger partial charge in [-0.2, -0.15) is 0 Å². The van der Waals surface area contributed by atoms with E-state index < -0.39 is 0 Å². The Balaban J connectivity index is 0.00000156. The fourth-order valence-electron chi connectivity index (χ4n) is 3.82. The Kier molecular flexibility index (Phi) is 4.79. The van der Waals surface area contributed by atoms with Gasteiger partial charge in [0.25, 0.3) is 0 Å². The molecule has 2 atom stereocenters. The van der Waals surface area contributed by atoms with Gasteiger partial charge in [0.2, 0.25) is 0 Å². The summed E-state index contributed by atoms with van der Waals surface area (Å²) in [5, 5.41) is 0. The quantitative estimate of drug-likeness (QED) is 0.855. The number of ether oxygens (including phenoxy) is 2. The average molecular weight is 332 g/mol. The van der Waals surface area contributed by atoms with Gasteiger partial charge in [-0.25, -0.2) is 0 Å². The van der Waals surface area contributed by atoms with Crippen molar-refractivity contribution in [2.45, 2.75) is 12.5 Å². The summed E-state index contributed by atoms with van der Waals surface area (Å²) in [4.78, 5) is 2.54. The summed E-state index contributed by atoms with van der Waals surface area (Å²) in [6.45, 7) is 4.00. The Morgan fingerprint density at radius 3 is 2.70 bits per heavy atom. The number of benzene rings is 2. The highest BCUT2D eigenvalue weighted by molar-refractivity contribution is 5.85. The molecule has 0 saturated carbocycles. The van der Waals surface area contributed by atoms with Crippen LogP contribution in [-0.2, 0) is 6.54 Å². The maximum atomic E-state index is 5.97. The first-order chi connectivity index (χ1) is 10.8. The van der Waals surface area contributed by atoms with Crippen molar-refractivity contribution < 1.29 is 9.47 Å². The predicted molar refractivity (Wildman–Crippen MR) is 93.7 cm³/mol. The van der Waals surface area contributed by atoms with Crippen molar-refractivity contribution in [2.24, 2.45) is 5.92 Å². The zero-order valence-electron chi connectivity index (χ0n) is 13.3. The molecule has 2 aliphatic rings. The molecule has 1 fully saturated rings. The number of likely N-dealkylation sites (tertiary alicyclic amines) is 1. The molecule has 0 spiro atoms. The van der Waals surface area contributed by atoms with Crippen LogP contribution >= 0.6 is 12.4 Å². The van der Waals surface area contributed by atoms with Crippen LogP contribution in [0.25, 0.3) is 0 Å². The molecule has 4 heteroatoms. The summed E-state index contributed by atoms with van der Waals surface area (Å²) >= 11 is 0. The fraction of sp³-hybridized carbons (Fsp3) is 0.368. The number of hydrogen-bond acceptors (Lipinski definition) is 3. The largest absolute Gasteiger partial charge is 0.496 e. The maximum absolute atomic E-state index is 5.97. The number of fused-ring (bicyclic) bond motifs is 3. The summed E-state index contributed by atoms with van der Waals surface area (Å²) < 4.78 is 11.5. The molecule has 0 amide bonds. The molecule has 0 aromatic heterocycles. The predicted octanol–water partition coefficient (Wildman–Crippen LogP) is 3.73. The lowest BCUT2D eigenvalue weighted by atomic mass is 9.86. The molecule has 3 nitrogen and oxygen atoms in total. The first kappa shape index (κ1) is 16.2. The van der Waals surface area contributed by atoms with Gasteiger partial charge in [0, 0.05) is 37.0 Å². The molecule has 2 unspecified atom stereocenters. The Labute approximate surface area is 143 Å². The van der Waals surface area contributed by atoms with Crippen LogP contribution in [0.2, 0.25) is 0 Å². The number of nitrogens with zero attached hydrogens (tertiary/aromatic N) is 1. The second-order valence-electron chi connectivity index (χ2n) is 6.23. The van der Waals surface area contributed by atoms with Crippen LogP contribution in [0.3, 0.4) is 0 Å². The molecule has 0 aliphatic carbocycles. The summed E-state index contributed by atoms with van der Waals surface area (Å²) in [6, 6.07) is 16.8. The summed E-state index contributed by atoms with van der Waals surface area (Å²) in [5.41, 5.74) is 2.64. The number of methoxy groups -OCH3 is 1. The zero-order valence-corrected chi connectivity index (χ0v) is 14.1. The number of hydrogen-bond donors (Lipinski definition) is 0. The molecule has 2 aliphatic heterocycles. The third-order valence-electron chi connectivity index (χ3n) is 4.84. The first-order valence-electron chi connectivity index (χ1n) is 7.91. The smallest absolute Gasteiger partial charge is 0.126 e. The fourth-order valence-corrected chi connectivity index (χ4v) is 3.82. The van der Waals surface area contributed by atoms with Crippen LogP contribution in [0.5, 0.6) is 11.5 Å². The first-order valence-corrected chi connectivity index (χ1v) is 7.91. The Morgan fingerprint density at radius 1 is 1.09 bits per heavy atom. The topological polar surface area (TPSA) is 21.7 Å². The molecule has 2 aromatic carbocycles. The molecule has 4 rings (SSSR count). The van der Waals surface area contributed by atoms with E-state index >= 15 is 0 Å². The van der Waals surface area contributed by atoms with E-state index in [-0.39, 0.29) is 12.4 Å². The van der Waals surface area contributed by atoms with Crippen molar-refractivity contribution in [3.05, 3.63) is 59.7 Å². The second kappa shape index (κ2) is 6.81. The zero-order chi connectivity index (χ0) is 14.9. The van der Waals surface area contributed by atoms with Crippen LogP contribution in [0.4, 0.5) is 0 Å². The van der Waals surface area contributed by atoms with E-state index in [4.69, 9.17) is 9.47 Å². The average Bonchev–Trinajstić information content (AvgIpc) is 2.97. The van der Waals surface area contributed by atoms with E-state index in [2.05, 4.69) is 41.3 Å². The Morgan fingerprint density at radius 2 is 1.91 bits per heavy atom. The molecule has 122 valence electrons. The van der Waals surface area contributed by atoms with Crippen molar-refractivity contribution in [1.29, 1.82) is 0 Å². The van der Waals surface area contributed by atoms with Gasteiger partial charge >= 0.3 is 0 Å². The minimum atomic E-state index is 0. The highest BCUT2D eigenvalue weighted by Crippen LogP contribution is 2.46. The monoisotopic (exact) mass is 331 g/mol. The molecule has 0 bridgehead atoms. The van der Waals surface area contributed by atoms with E-state index in [0.29, 0.717) is 11.8 Å². The third kappa shape index (κ3) is 3.04. The minimum Gasteiger partial charge on any atom is -0.496 e. The Hall–Kier alpha value is -1.71. The molecular weight excluding hydrogens is 310 g/mol. The lowest BCUT2D eigenvalue weighted by Crippen LogP contribution is -2.25.